The summed E-state index contributed by atoms with van der Waals surface area (Å²) in [5, 5.41) is 9.54. The molecule has 0 aliphatic carbocycles. The molecule has 0 aliphatic rings. The highest BCUT2D eigenvalue weighted by molar-refractivity contribution is 8.18. The van der Waals surface area contributed by atoms with Gasteiger partial charge in [0, 0.05) is 17.3 Å². The number of carbonyl (C=O) groups excluding carboxylic acids is 1. The third-order valence-corrected chi connectivity index (χ3v) is 1.40. The Bertz CT molecular complexity index is 247. The highest BCUT2D eigenvalue weighted by Crippen LogP contribution is 2.09. The van der Waals surface area contributed by atoms with Crippen molar-refractivity contribution in [1.29, 1.82) is 5.26 Å². The lowest BCUT2D eigenvalue weighted by Gasteiger charge is -1.91. The van der Waals surface area contributed by atoms with Crippen LogP contribution in [0.3, 0.4) is 0 Å². The van der Waals surface area contributed by atoms with Gasteiger partial charge in [-0.25, -0.2) is 0 Å². The van der Waals surface area contributed by atoms with Gasteiger partial charge in [-0.1, -0.05) is 31.4 Å². The van der Waals surface area contributed by atoms with E-state index in [1.807, 2.05) is 0 Å². The van der Waals surface area contributed by atoms with Crippen molar-refractivity contribution in [3.05, 3.63) is 37.0 Å². The van der Waals surface area contributed by atoms with Crippen LogP contribution in [-0.2, 0) is 4.79 Å². The SMILES string of the molecule is C=C/C=C(\C=C)C(=O)SC#N. The van der Waals surface area contributed by atoms with Gasteiger partial charge in [-0.05, 0) is 0 Å². The van der Waals surface area contributed by atoms with E-state index < -0.39 is 0 Å². The Labute approximate surface area is 69.9 Å². The van der Waals surface area contributed by atoms with Crippen LogP contribution in [-0.4, -0.2) is 5.12 Å². The Morgan fingerprint density at radius 2 is 2.18 bits per heavy atom. The summed E-state index contributed by atoms with van der Waals surface area (Å²) < 4.78 is 0. The standard InChI is InChI=1S/C8H7NOS/c1-3-5-7(4-2)8(10)11-6-9/h3-5H,1-2H2/b7-5+. The van der Waals surface area contributed by atoms with Crippen molar-refractivity contribution in [2.24, 2.45) is 0 Å². The molecule has 56 valence electrons. The fourth-order valence-electron chi connectivity index (χ4n) is 0.447. The maximum absolute atomic E-state index is 10.9. The van der Waals surface area contributed by atoms with Crippen molar-refractivity contribution in [2.45, 2.75) is 0 Å². The lowest BCUT2D eigenvalue weighted by molar-refractivity contribution is -0.107. The molecule has 0 aromatic rings. The Kier molecular flexibility index (Phi) is 4.87. The van der Waals surface area contributed by atoms with Gasteiger partial charge in [0.15, 0.2) is 0 Å². The van der Waals surface area contributed by atoms with Crippen molar-refractivity contribution in [3.63, 3.8) is 0 Å². The minimum atomic E-state index is -0.303. The first-order valence-corrected chi connectivity index (χ1v) is 3.63. The summed E-state index contributed by atoms with van der Waals surface area (Å²) in [6, 6.07) is 0. The number of allylic oxidation sites excluding steroid dienone is 3. The second-order valence-electron chi connectivity index (χ2n) is 1.54. The number of rotatable bonds is 3. The Balaban J connectivity index is 4.41. The third kappa shape index (κ3) is 3.43. The number of carbonyl (C=O) groups is 1. The predicted octanol–water partition coefficient (Wildman–Crippen LogP) is 2.03. The molecule has 0 N–H and O–H groups in total. The third-order valence-electron chi connectivity index (χ3n) is 0.891. The zero-order valence-corrected chi connectivity index (χ0v) is 6.73. The molecular formula is C8H7NOS. The average molecular weight is 165 g/mol. The van der Waals surface area contributed by atoms with Crippen molar-refractivity contribution in [3.8, 4) is 5.40 Å². The lowest BCUT2D eigenvalue weighted by atomic mass is 10.3. The van der Waals surface area contributed by atoms with Crippen LogP contribution in [0.4, 0.5) is 0 Å². The summed E-state index contributed by atoms with van der Waals surface area (Å²) in [5.41, 5.74) is 0.395. The van der Waals surface area contributed by atoms with Crippen LogP contribution in [0, 0.1) is 10.7 Å². The van der Waals surface area contributed by atoms with Crippen LogP contribution in [0.2, 0.25) is 0 Å². The van der Waals surface area contributed by atoms with Gasteiger partial charge in [-0.15, -0.1) is 0 Å². The van der Waals surface area contributed by atoms with Gasteiger partial charge in [0.1, 0.15) is 5.40 Å². The number of hydrogen-bond acceptors (Lipinski definition) is 3. The summed E-state index contributed by atoms with van der Waals surface area (Å²) in [7, 11) is 0. The van der Waals surface area contributed by atoms with Crippen molar-refractivity contribution in [1.82, 2.24) is 0 Å². The molecule has 0 aromatic carbocycles. The zero-order chi connectivity index (χ0) is 8.69. The minimum Gasteiger partial charge on any atom is -0.280 e. The molecule has 0 aliphatic heterocycles. The molecule has 2 nitrogen and oxygen atoms in total. The van der Waals surface area contributed by atoms with Gasteiger partial charge in [0.05, 0.1) is 0 Å². The fraction of sp³-hybridized carbons (Fsp3) is 0. The number of nitriles is 1. The summed E-state index contributed by atoms with van der Waals surface area (Å²) in [6.45, 7) is 6.85. The smallest absolute Gasteiger partial charge is 0.233 e. The molecule has 0 spiro atoms. The summed E-state index contributed by atoms with van der Waals surface area (Å²) >= 11 is 0.583. The molecular weight excluding hydrogens is 158 g/mol. The maximum atomic E-state index is 10.9. The van der Waals surface area contributed by atoms with E-state index in [0.29, 0.717) is 17.3 Å². The quantitative estimate of drug-likeness (QED) is 0.365. The monoisotopic (exact) mass is 165 g/mol. The molecule has 0 saturated heterocycles. The van der Waals surface area contributed by atoms with E-state index in [2.05, 4.69) is 13.2 Å². The molecule has 0 aromatic heterocycles. The summed E-state index contributed by atoms with van der Waals surface area (Å²) in [4.78, 5) is 10.9. The molecule has 0 rings (SSSR count). The van der Waals surface area contributed by atoms with Gasteiger partial charge in [0.25, 0.3) is 0 Å². The van der Waals surface area contributed by atoms with Crippen molar-refractivity contribution < 1.29 is 4.79 Å². The maximum Gasteiger partial charge on any atom is 0.233 e. The molecule has 0 radical (unpaired) electrons. The van der Waals surface area contributed by atoms with E-state index in [1.54, 1.807) is 5.40 Å². The van der Waals surface area contributed by atoms with Crippen LogP contribution < -0.4 is 0 Å². The van der Waals surface area contributed by atoms with Gasteiger partial charge in [-0.2, -0.15) is 5.26 Å². The molecule has 0 fully saturated rings. The van der Waals surface area contributed by atoms with E-state index in [4.69, 9.17) is 5.26 Å². The van der Waals surface area contributed by atoms with E-state index in [1.165, 1.54) is 18.2 Å². The number of nitrogens with zero attached hydrogens (tertiary/aromatic N) is 1. The summed E-state index contributed by atoms with van der Waals surface area (Å²) in [5.74, 6) is 0. The van der Waals surface area contributed by atoms with Crippen LogP contribution in [0.25, 0.3) is 0 Å². The molecule has 0 unspecified atom stereocenters. The molecule has 0 heterocycles. The first-order chi connectivity index (χ1) is 5.26. The first kappa shape index (κ1) is 9.73. The second kappa shape index (κ2) is 5.51. The van der Waals surface area contributed by atoms with Crippen LogP contribution in [0.1, 0.15) is 0 Å². The minimum absolute atomic E-state index is 0.303. The Morgan fingerprint density at radius 3 is 2.55 bits per heavy atom. The second-order valence-corrected chi connectivity index (χ2v) is 2.30. The van der Waals surface area contributed by atoms with Crippen LogP contribution in [0.15, 0.2) is 37.0 Å². The van der Waals surface area contributed by atoms with E-state index >= 15 is 0 Å². The van der Waals surface area contributed by atoms with Gasteiger partial charge in [0.2, 0.25) is 5.12 Å². The highest BCUT2D eigenvalue weighted by atomic mass is 32.2. The normalized spacial score (nSPS) is 9.91. The molecule has 0 atom stereocenters. The number of hydrogen-bond donors (Lipinski definition) is 0. The van der Waals surface area contributed by atoms with Crippen molar-refractivity contribution in [2.75, 3.05) is 0 Å². The van der Waals surface area contributed by atoms with Gasteiger partial charge < -0.3 is 0 Å². The van der Waals surface area contributed by atoms with E-state index in [0.717, 1.165) is 0 Å². The molecule has 0 saturated carbocycles. The average Bonchev–Trinajstić information content (AvgIpc) is 2.00. The van der Waals surface area contributed by atoms with Crippen LogP contribution >= 0.6 is 11.8 Å². The molecule has 3 heteroatoms. The summed E-state index contributed by atoms with van der Waals surface area (Å²) in [6.07, 6.45) is 4.39. The topological polar surface area (TPSA) is 40.9 Å². The molecule has 11 heavy (non-hydrogen) atoms. The zero-order valence-electron chi connectivity index (χ0n) is 5.91. The highest BCUT2D eigenvalue weighted by Gasteiger charge is 2.04. The Morgan fingerprint density at radius 1 is 1.55 bits per heavy atom. The largest absolute Gasteiger partial charge is 0.280 e. The van der Waals surface area contributed by atoms with Crippen molar-refractivity contribution >= 4 is 16.9 Å². The molecule has 0 amide bonds. The number of thiocyanates is 1. The Hall–Kier alpha value is -1.27. The van der Waals surface area contributed by atoms with Gasteiger partial charge in [-0.3, -0.25) is 4.79 Å². The first-order valence-electron chi connectivity index (χ1n) is 2.81. The predicted molar refractivity (Wildman–Crippen MR) is 46.7 cm³/mol. The van der Waals surface area contributed by atoms with E-state index in [9.17, 15) is 4.79 Å². The van der Waals surface area contributed by atoms with E-state index in [-0.39, 0.29) is 5.12 Å². The molecule has 0 bridgehead atoms. The fourth-order valence-corrected chi connectivity index (χ4v) is 0.799. The lowest BCUT2D eigenvalue weighted by Crippen LogP contribution is -1.91. The number of thioether (sulfide) groups is 1. The van der Waals surface area contributed by atoms with Crippen LogP contribution in [0.5, 0.6) is 0 Å². The van der Waals surface area contributed by atoms with Gasteiger partial charge >= 0.3 is 0 Å².